The van der Waals surface area contributed by atoms with Gasteiger partial charge in [-0.3, -0.25) is 0 Å². The molecule has 138 valence electrons. The number of aromatic carboxylic acids is 1. The maximum absolute atomic E-state index is 11.5. The number of carboxylic acid groups (broad SMARTS) is 1. The summed E-state index contributed by atoms with van der Waals surface area (Å²) in [5, 5.41) is 12.8. The molecule has 0 radical (unpaired) electrons. The third-order valence-corrected chi connectivity index (χ3v) is 4.63. The van der Waals surface area contributed by atoms with Crippen molar-refractivity contribution in [2.45, 2.75) is 25.8 Å². The van der Waals surface area contributed by atoms with Crippen LogP contribution in [0.1, 0.15) is 30.1 Å². The van der Waals surface area contributed by atoms with Crippen molar-refractivity contribution in [3.8, 4) is 17.0 Å². The standard InChI is InChI=1S/C19H24N4O3/c1-3-26-17-5-4-13(12-15(17)18(24)25)16-6-9-21-19(22-16)23-10-7-14(20-2)8-11-23/h4-6,9,12,14,20H,3,7-8,10-11H2,1-2H3,(H,24,25). The highest BCUT2D eigenvalue weighted by Crippen LogP contribution is 2.27. The highest BCUT2D eigenvalue weighted by atomic mass is 16.5. The number of carboxylic acids is 1. The van der Waals surface area contributed by atoms with E-state index in [0.717, 1.165) is 31.5 Å². The van der Waals surface area contributed by atoms with Gasteiger partial charge in [0.15, 0.2) is 0 Å². The van der Waals surface area contributed by atoms with E-state index in [1.807, 2.05) is 20.0 Å². The summed E-state index contributed by atoms with van der Waals surface area (Å²) in [5.74, 6) is 0.0358. The Balaban J connectivity index is 1.86. The highest BCUT2D eigenvalue weighted by Gasteiger charge is 2.20. The molecule has 0 saturated carbocycles. The van der Waals surface area contributed by atoms with Gasteiger partial charge in [-0.15, -0.1) is 0 Å². The van der Waals surface area contributed by atoms with Gasteiger partial charge in [-0.2, -0.15) is 0 Å². The van der Waals surface area contributed by atoms with E-state index < -0.39 is 5.97 Å². The average Bonchev–Trinajstić information content (AvgIpc) is 2.68. The molecular formula is C19H24N4O3. The Hall–Kier alpha value is -2.67. The number of benzene rings is 1. The molecule has 0 aliphatic carbocycles. The van der Waals surface area contributed by atoms with Gasteiger partial charge in [-0.05, 0) is 51.1 Å². The Kier molecular flexibility index (Phi) is 5.68. The summed E-state index contributed by atoms with van der Waals surface area (Å²) in [5.41, 5.74) is 1.58. The minimum Gasteiger partial charge on any atom is -0.493 e. The number of hydrogen-bond donors (Lipinski definition) is 2. The van der Waals surface area contributed by atoms with Crippen molar-refractivity contribution in [2.24, 2.45) is 0 Å². The van der Waals surface area contributed by atoms with Gasteiger partial charge in [0.25, 0.3) is 0 Å². The molecule has 2 N–H and O–H groups in total. The summed E-state index contributed by atoms with van der Waals surface area (Å²) in [4.78, 5) is 22.7. The minimum atomic E-state index is -1.02. The van der Waals surface area contributed by atoms with E-state index in [4.69, 9.17) is 4.74 Å². The Bertz CT molecular complexity index is 773. The summed E-state index contributed by atoms with van der Waals surface area (Å²) < 4.78 is 5.40. The lowest BCUT2D eigenvalue weighted by Crippen LogP contribution is -2.41. The van der Waals surface area contributed by atoms with Crippen molar-refractivity contribution in [1.29, 1.82) is 0 Å². The molecule has 7 nitrogen and oxygen atoms in total. The Labute approximate surface area is 153 Å². The maximum atomic E-state index is 11.5. The van der Waals surface area contributed by atoms with Crippen LogP contribution in [-0.2, 0) is 0 Å². The van der Waals surface area contributed by atoms with E-state index in [1.54, 1.807) is 24.4 Å². The van der Waals surface area contributed by atoms with Crippen molar-refractivity contribution >= 4 is 11.9 Å². The first-order valence-electron chi connectivity index (χ1n) is 8.88. The SMILES string of the molecule is CCOc1ccc(-c2ccnc(N3CCC(NC)CC3)n2)cc1C(=O)O. The van der Waals surface area contributed by atoms with Gasteiger partial charge >= 0.3 is 5.97 Å². The molecule has 1 fully saturated rings. The average molecular weight is 356 g/mol. The first kappa shape index (κ1) is 18.1. The third-order valence-electron chi connectivity index (χ3n) is 4.63. The lowest BCUT2D eigenvalue weighted by molar-refractivity contribution is 0.0692. The largest absolute Gasteiger partial charge is 0.493 e. The number of nitrogens with zero attached hydrogens (tertiary/aromatic N) is 3. The van der Waals surface area contributed by atoms with Gasteiger partial charge in [0, 0.05) is 30.9 Å². The fourth-order valence-electron chi connectivity index (χ4n) is 3.17. The molecule has 3 rings (SSSR count). The monoisotopic (exact) mass is 356 g/mol. The van der Waals surface area contributed by atoms with E-state index in [2.05, 4.69) is 20.2 Å². The summed E-state index contributed by atoms with van der Waals surface area (Å²) in [6.07, 6.45) is 3.82. The predicted octanol–water partition coefficient (Wildman–Crippen LogP) is 2.43. The van der Waals surface area contributed by atoms with E-state index in [1.165, 1.54) is 0 Å². The van der Waals surface area contributed by atoms with Crippen LogP contribution in [0, 0.1) is 0 Å². The van der Waals surface area contributed by atoms with Gasteiger partial charge in [-0.1, -0.05) is 0 Å². The normalized spacial score (nSPS) is 15.1. The van der Waals surface area contributed by atoms with Crippen LogP contribution in [0.3, 0.4) is 0 Å². The van der Waals surface area contributed by atoms with Crippen molar-refractivity contribution in [3.63, 3.8) is 0 Å². The van der Waals surface area contributed by atoms with Crippen LogP contribution < -0.4 is 15.0 Å². The second-order valence-electron chi connectivity index (χ2n) is 6.24. The summed E-state index contributed by atoms with van der Waals surface area (Å²) in [6, 6.07) is 7.45. The van der Waals surface area contributed by atoms with Crippen LogP contribution in [0.4, 0.5) is 5.95 Å². The summed E-state index contributed by atoms with van der Waals surface area (Å²) >= 11 is 0. The fourth-order valence-corrected chi connectivity index (χ4v) is 3.17. The lowest BCUT2D eigenvalue weighted by Gasteiger charge is -2.31. The van der Waals surface area contributed by atoms with E-state index in [9.17, 15) is 9.90 Å². The van der Waals surface area contributed by atoms with Crippen LogP contribution in [-0.4, -0.2) is 53.8 Å². The van der Waals surface area contributed by atoms with E-state index in [-0.39, 0.29) is 5.56 Å². The number of rotatable bonds is 6. The van der Waals surface area contributed by atoms with E-state index in [0.29, 0.717) is 30.0 Å². The Morgan fingerprint density at radius 2 is 2.12 bits per heavy atom. The lowest BCUT2D eigenvalue weighted by atomic mass is 10.1. The van der Waals surface area contributed by atoms with Crippen LogP contribution in [0.2, 0.25) is 0 Å². The minimum absolute atomic E-state index is 0.138. The van der Waals surface area contributed by atoms with Crippen LogP contribution in [0.5, 0.6) is 5.75 Å². The molecule has 2 heterocycles. The third kappa shape index (κ3) is 3.94. The second-order valence-corrected chi connectivity index (χ2v) is 6.24. The zero-order valence-electron chi connectivity index (χ0n) is 15.1. The van der Waals surface area contributed by atoms with Gasteiger partial charge < -0.3 is 20.1 Å². The molecule has 0 spiro atoms. The number of anilines is 1. The number of aromatic nitrogens is 2. The number of piperidine rings is 1. The van der Waals surface area contributed by atoms with E-state index >= 15 is 0 Å². The molecule has 1 aliphatic heterocycles. The number of carbonyl (C=O) groups is 1. The molecule has 1 aromatic heterocycles. The summed E-state index contributed by atoms with van der Waals surface area (Å²) in [7, 11) is 1.99. The van der Waals surface area contributed by atoms with Crippen LogP contribution >= 0.6 is 0 Å². The molecule has 7 heteroatoms. The number of nitrogens with one attached hydrogen (secondary N) is 1. The molecule has 1 saturated heterocycles. The highest BCUT2D eigenvalue weighted by molar-refractivity contribution is 5.92. The molecule has 0 amide bonds. The zero-order valence-corrected chi connectivity index (χ0v) is 15.1. The number of ether oxygens (including phenoxy) is 1. The molecule has 1 aromatic carbocycles. The molecule has 1 aliphatic rings. The Morgan fingerprint density at radius 3 is 2.77 bits per heavy atom. The molecule has 2 aromatic rings. The molecule has 0 unspecified atom stereocenters. The molecule has 0 atom stereocenters. The predicted molar refractivity (Wildman–Crippen MR) is 99.9 cm³/mol. The maximum Gasteiger partial charge on any atom is 0.339 e. The van der Waals surface area contributed by atoms with Gasteiger partial charge in [0.2, 0.25) is 5.95 Å². The quantitative estimate of drug-likeness (QED) is 0.822. The molecular weight excluding hydrogens is 332 g/mol. The number of hydrogen-bond acceptors (Lipinski definition) is 6. The fraction of sp³-hybridized carbons (Fsp3) is 0.421. The van der Waals surface area contributed by atoms with Gasteiger partial charge in [0.05, 0.1) is 12.3 Å². The second kappa shape index (κ2) is 8.14. The molecule has 26 heavy (non-hydrogen) atoms. The first-order chi connectivity index (χ1) is 12.6. The van der Waals surface area contributed by atoms with Crippen molar-refractivity contribution in [1.82, 2.24) is 15.3 Å². The molecule has 0 bridgehead atoms. The van der Waals surface area contributed by atoms with Crippen molar-refractivity contribution < 1.29 is 14.6 Å². The first-order valence-corrected chi connectivity index (χ1v) is 8.88. The smallest absolute Gasteiger partial charge is 0.339 e. The topological polar surface area (TPSA) is 87.6 Å². The zero-order chi connectivity index (χ0) is 18.5. The van der Waals surface area contributed by atoms with Gasteiger partial charge in [-0.25, -0.2) is 14.8 Å². The Morgan fingerprint density at radius 1 is 1.35 bits per heavy atom. The van der Waals surface area contributed by atoms with Crippen LogP contribution in [0.15, 0.2) is 30.5 Å². The van der Waals surface area contributed by atoms with Crippen molar-refractivity contribution in [2.75, 3.05) is 31.6 Å². The summed E-state index contributed by atoms with van der Waals surface area (Å²) in [6.45, 7) is 4.05. The van der Waals surface area contributed by atoms with Crippen LogP contribution in [0.25, 0.3) is 11.3 Å². The van der Waals surface area contributed by atoms with Gasteiger partial charge in [0.1, 0.15) is 11.3 Å². The van der Waals surface area contributed by atoms with Crippen molar-refractivity contribution in [3.05, 3.63) is 36.0 Å².